The standard InChI is InChI=1S/C27H29N3O2/c1-3-29-15-16-30(27(32)25-13-6-7-14-28-25)19-23(26(29)31)18-21-10-8-11-22(17-21)24-12-5-4-9-20(24)2/h4-14,17,23H,3,15-16,18-19H2,1-2H3/t23-/m0/s1. The van der Waals surface area contributed by atoms with Crippen molar-refractivity contribution in [3.63, 3.8) is 0 Å². The molecule has 0 spiro atoms. The van der Waals surface area contributed by atoms with Gasteiger partial charge in [0.05, 0.1) is 5.92 Å². The van der Waals surface area contributed by atoms with Crippen molar-refractivity contribution < 1.29 is 9.59 Å². The van der Waals surface area contributed by atoms with Crippen molar-refractivity contribution in [2.75, 3.05) is 26.2 Å². The molecular weight excluding hydrogens is 398 g/mol. The average Bonchev–Trinajstić information content (AvgIpc) is 2.98. The van der Waals surface area contributed by atoms with Crippen molar-refractivity contribution in [1.29, 1.82) is 0 Å². The van der Waals surface area contributed by atoms with E-state index >= 15 is 0 Å². The molecule has 1 aliphatic heterocycles. The lowest BCUT2D eigenvalue weighted by Gasteiger charge is -2.23. The first-order chi connectivity index (χ1) is 15.6. The van der Waals surface area contributed by atoms with E-state index < -0.39 is 0 Å². The average molecular weight is 428 g/mol. The molecule has 32 heavy (non-hydrogen) atoms. The first-order valence-electron chi connectivity index (χ1n) is 11.2. The maximum Gasteiger partial charge on any atom is 0.272 e. The summed E-state index contributed by atoms with van der Waals surface area (Å²) >= 11 is 0. The van der Waals surface area contributed by atoms with E-state index in [4.69, 9.17) is 0 Å². The van der Waals surface area contributed by atoms with Crippen molar-refractivity contribution in [2.45, 2.75) is 20.3 Å². The molecule has 5 heteroatoms. The molecule has 0 bridgehead atoms. The first kappa shape index (κ1) is 21.8. The summed E-state index contributed by atoms with van der Waals surface area (Å²) in [6.07, 6.45) is 2.23. The topological polar surface area (TPSA) is 53.5 Å². The van der Waals surface area contributed by atoms with Gasteiger partial charge in [0.1, 0.15) is 5.69 Å². The Balaban J connectivity index is 1.59. The molecule has 3 aromatic rings. The lowest BCUT2D eigenvalue weighted by Crippen LogP contribution is -2.38. The molecule has 1 aliphatic rings. The first-order valence-corrected chi connectivity index (χ1v) is 11.2. The van der Waals surface area contributed by atoms with Gasteiger partial charge in [-0.25, -0.2) is 0 Å². The van der Waals surface area contributed by atoms with Gasteiger partial charge in [-0.2, -0.15) is 0 Å². The minimum absolute atomic E-state index is 0.116. The molecule has 0 N–H and O–H groups in total. The Kier molecular flexibility index (Phi) is 6.64. The van der Waals surface area contributed by atoms with Crippen LogP contribution in [0.3, 0.4) is 0 Å². The second-order valence-corrected chi connectivity index (χ2v) is 8.30. The third-order valence-corrected chi connectivity index (χ3v) is 6.16. The van der Waals surface area contributed by atoms with Gasteiger partial charge in [-0.3, -0.25) is 14.6 Å². The fraction of sp³-hybridized carbons (Fsp3) is 0.296. The lowest BCUT2D eigenvalue weighted by atomic mass is 9.93. The fourth-order valence-corrected chi connectivity index (χ4v) is 4.39. The van der Waals surface area contributed by atoms with E-state index in [9.17, 15) is 9.59 Å². The molecule has 0 unspecified atom stereocenters. The Bertz CT molecular complexity index is 1100. The smallest absolute Gasteiger partial charge is 0.272 e. The van der Waals surface area contributed by atoms with Gasteiger partial charge in [-0.1, -0.05) is 54.6 Å². The summed E-state index contributed by atoms with van der Waals surface area (Å²) in [5.74, 6) is -0.280. The van der Waals surface area contributed by atoms with Gasteiger partial charge in [0.2, 0.25) is 5.91 Å². The van der Waals surface area contributed by atoms with Gasteiger partial charge >= 0.3 is 0 Å². The number of carbonyl (C=O) groups is 2. The van der Waals surface area contributed by atoms with Crippen LogP contribution < -0.4 is 0 Å². The zero-order valence-electron chi connectivity index (χ0n) is 18.7. The normalized spacial score (nSPS) is 16.7. The molecule has 1 atom stereocenters. The summed E-state index contributed by atoms with van der Waals surface area (Å²) in [6.45, 7) is 6.22. The maximum absolute atomic E-state index is 13.3. The molecule has 1 aromatic heterocycles. The predicted molar refractivity (Wildman–Crippen MR) is 126 cm³/mol. The molecular formula is C27H29N3O2. The van der Waals surface area contributed by atoms with Crippen LogP contribution in [0.5, 0.6) is 0 Å². The second kappa shape index (κ2) is 9.77. The van der Waals surface area contributed by atoms with Gasteiger partial charge in [-0.05, 0) is 54.7 Å². The summed E-state index contributed by atoms with van der Waals surface area (Å²) in [5, 5.41) is 0. The van der Waals surface area contributed by atoms with Crippen LogP contribution in [0.4, 0.5) is 0 Å². The molecule has 2 amide bonds. The quantitative estimate of drug-likeness (QED) is 0.613. The van der Waals surface area contributed by atoms with E-state index in [1.807, 2.05) is 36.1 Å². The van der Waals surface area contributed by atoms with Gasteiger partial charge in [0.25, 0.3) is 5.91 Å². The summed E-state index contributed by atoms with van der Waals surface area (Å²) in [4.78, 5) is 34.2. The minimum Gasteiger partial charge on any atom is -0.341 e. The van der Waals surface area contributed by atoms with E-state index in [1.165, 1.54) is 11.1 Å². The van der Waals surface area contributed by atoms with Gasteiger partial charge in [0.15, 0.2) is 0 Å². The highest BCUT2D eigenvalue weighted by atomic mass is 16.2. The largest absolute Gasteiger partial charge is 0.341 e. The number of aromatic nitrogens is 1. The fourth-order valence-electron chi connectivity index (χ4n) is 4.39. The molecule has 5 nitrogen and oxygen atoms in total. The van der Waals surface area contributed by atoms with Crippen LogP contribution in [-0.4, -0.2) is 52.8 Å². The minimum atomic E-state index is -0.280. The third kappa shape index (κ3) is 4.72. The van der Waals surface area contributed by atoms with Gasteiger partial charge < -0.3 is 9.80 Å². The maximum atomic E-state index is 13.3. The number of benzene rings is 2. The van der Waals surface area contributed by atoms with Gasteiger partial charge in [0, 0.05) is 32.4 Å². The molecule has 4 rings (SSSR count). The van der Waals surface area contributed by atoms with Crippen molar-refractivity contribution in [3.05, 3.63) is 89.7 Å². The predicted octanol–water partition coefficient (Wildman–Crippen LogP) is 4.22. The van der Waals surface area contributed by atoms with Crippen molar-refractivity contribution in [1.82, 2.24) is 14.8 Å². The number of hydrogen-bond donors (Lipinski definition) is 0. The van der Waals surface area contributed by atoms with Crippen molar-refractivity contribution in [2.24, 2.45) is 5.92 Å². The number of nitrogens with zero attached hydrogens (tertiary/aromatic N) is 3. The molecule has 1 fully saturated rings. The lowest BCUT2D eigenvalue weighted by molar-refractivity contribution is -0.134. The van der Waals surface area contributed by atoms with E-state index in [1.54, 1.807) is 23.2 Å². The molecule has 164 valence electrons. The summed E-state index contributed by atoms with van der Waals surface area (Å²) in [6, 6.07) is 22.1. The number of rotatable bonds is 5. The van der Waals surface area contributed by atoms with Crippen LogP contribution >= 0.6 is 0 Å². The Morgan fingerprint density at radius 1 is 1.03 bits per heavy atom. The number of amides is 2. The van der Waals surface area contributed by atoms with Crippen LogP contribution in [0.25, 0.3) is 11.1 Å². The summed E-state index contributed by atoms with van der Waals surface area (Å²) < 4.78 is 0. The SMILES string of the molecule is CCN1CCN(C(=O)c2ccccn2)C[C@H](Cc2cccc(-c3ccccc3C)c2)C1=O. The van der Waals surface area contributed by atoms with E-state index in [2.05, 4.69) is 42.2 Å². The second-order valence-electron chi connectivity index (χ2n) is 8.30. The number of hydrogen-bond acceptors (Lipinski definition) is 3. The number of aryl methyl sites for hydroxylation is 1. The van der Waals surface area contributed by atoms with Crippen molar-refractivity contribution in [3.8, 4) is 11.1 Å². The molecule has 0 aliphatic carbocycles. The molecule has 2 heterocycles. The zero-order valence-corrected chi connectivity index (χ0v) is 18.7. The van der Waals surface area contributed by atoms with E-state index in [0.29, 0.717) is 38.3 Å². The molecule has 0 radical (unpaired) electrons. The van der Waals surface area contributed by atoms with Crippen LogP contribution in [-0.2, 0) is 11.2 Å². The Morgan fingerprint density at radius 3 is 2.59 bits per heavy atom. The zero-order chi connectivity index (χ0) is 22.5. The summed E-state index contributed by atoms with van der Waals surface area (Å²) in [7, 11) is 0. The van der Waals surface area contributed by atoms with Crippen LogP contribution in [0, 0.1) is 12.8 Å². The van der Waals surface area contributed by atoms with Gasteiger partial charge in [-0.15, -0.1) is 0 Å². The Hall–Kier alpha value is -3.47. The summed E-state index contributed by atoms with van der Waals surface area (Å²) in [5.41, 5.74) is 5.09. The van der Waals surface area contributed by atoms with Crippen molar-refractivity contribution >= 4 is 11.8 Å². The number of likely N-dealkylation sites (N-methyl/N-ethyl adjacent to an activating group) is 1. The number of pyridine rings is 1. The van der Waals surface area contributed by atoms with E-state index in [-0.39, 0.29) is 17.7 Å². The highest BCUT2D eigenvalue weighted by molar-refractivity contribution is 5.93. The molecule has 0 saturated carbocycles. The van der Waals surface area contributed by atoms with E-state index in [0.717, 1.165) is 11.1 Å². The van der Waals surface area contributed by atoms with Crippen LogP contribution in [0.1, 0.15) is 28.5 Å². The highest BCUT2D eigenvalue weighted by Gasteiger charge is 2.32. The van der Waals surface area contributed by atoms with Crippen LogP contribution in [0.2, 0.25) is 0 Å². The Labute approximate surface area is 189 Å². The highest BCUT2D eigenvalue weighted by Crippen LogP contribution is 2.26. The molecule has 2 aromatic carbocycles. The molecule has 1 saturated heterocycles. The van der Waals surface area contributed by atoms with Crippen LogP contribution in [0.15, 0.2) is 72.9 Å². The third-order valence-electron chi connectivity index (χ3n) is 6.16. The Morgan fingerprint density at radius 2 is 1.84 bits per heavy atom. The monoisotopic (exact) mass is 427 g/mol. The number of carbonyl (C=O) groups excluding carboxylic acids is 2.